The molecule has 0 heterocycles. The van der Waals surface area contributed by atoms with Crippen LogP contribution in [-0.4, -0.2) is 22.9 Å². The van der Waals surface area contributed by atoms with Gasteiger partial charge in [0, 0.05) is 30.6 Å². The molecule has 0 aliphatic heterocycles. The van der Waals surface area contributed by atoms with Gasteiger partial charge in [-0.2, -0.15) is 0 Å². The lowest BCUT2D eigenvalue weighted by Crippen LogP contribution is -2.17. The Morgan fingerprint density at radius 3 is 1.96 bits per heavy atom. The molecular formula is C19H20N2O4. The molecule has 130 valence electrons. The van der Waals surface area contributed by atoms with Gasteiger partial charge in [0.25, 0.3) is 0 Å². The van der Waals surface area contributed by atoms with Gasteiger partial charge in [-0.1, -0.05) is 30.3 Å². The molecule has 3 N–H and O–H groups in total. The van der Waals surface area contributed by atoms with Crippen molar-refractivity contribution in [1.29, 1.82) is 0 Å². The zero-order valence-electron chi connectivity index (χ0n) is 13.9. The summed E-state index contributed by atoms with van der Waals surface area (Å²) in [6.45, 7) is 1.42. The first-order chi connectivity index (χ1) is 11.9. The summed E-state index contributed by atoms with van der Waals surface area (Å²) in [5.41, 5.74) is 2.04. The number of amides is 2. The lowest BCUT2D eigenvalue weighted by molar-refractivity contribution is -0.137. The van der Waals surface area contributed by atoms with Crippen molar-refractivity contribution in [3.8, 4) is 0 Å². The zero-order chi connectivity index (χ0) is 18.2. The number of rotatable bonds is 7. The van der Waals surface area contributed by atoms with Crippen molar-refractivity contribution in [1.82, 2.24) is 0 Å². The Balaban J connectivity index is 2.01. The lowest BCUT2D eigenvalue weighted by Gasteiger charge is -2.15. The molecule has 1 atom stereocenters. The van der Waals surface area contributed by atoms with Gasteiger partial charge in [0.2, 0.25) is 11.8 Å². The first-order valence-electron chi connectivity index (χ1n) is 7.88. The van der Waals surface area contributed by atoms with E-state index in [1.807, 2.05) is 30.3 Å². The van der Waals surface area contributed by atoms with E-state index in [1.165, 1.54) is 6.92 Å². The first-order valence-corrected chi connectivity index (χ1v) is 7.88. The van der Waals surface area contributed by atoms with E-state index >= 15 is 0 Å². The minimum absolute atomic E-state index is 0.0732. The molecule has 0 spiro atoms. The molecule has 2 aromatic rings. The molecule has 0 fully saturated rings. The Labute approximate surface area is 145 Å². The predicted molar refractivity (Wildman–Crippen MR) is 95.4 cm³/mol. The summed E-state index contributed by atoms with van der Waals surface area (Å²) in [5.74, 6) is -1.77. The van der Waals surface area contributed by atoms with Crippen LogP contribution in [0, 0.1) is 0 Å². The van der Waals surface area contributed by atoms with Crippen molar-refractivity contribution in [2.45, 2.75) is 25.7 Å². The van der Waals surface area contributed by atoms with Gasteiger partial charge in [-0.25, -0.2) is 0 Å². The van der Waals surface area contributed by atoms with Gasteiger partial charge in [-0.3, -0.25) is 14.4 Å². The third kappa shape index (κ3) is 6.10. The number of carbonyl (C=O) groups excluding carboxylic acids is 2. The van der Waals surface area contributed by atoms with E-state index in [-0.39, 0.29) is 24.7 Å². The average molecular weight is 340 g/mol. The highest BCUT2D eigenvalue weighted by Gasteiger charge is 2.19. The minimum Gasteiger partial charge on any atom is -0.481 e. The quantitative estimate of drug-likeness (QED) is 0.721. The van der Waals surface area contributed by atoms with Crippen LogP contribution in [0.15, 0.2) is 54.6 Å². The van der Waals surface area contributed by atoms with Crippen LogP contribution in [0.2, 0.25) is 0 Å². The number of carboxylic acids is 1. The highest BCUT2D eigenvalue weighted by atomic mass is 16.4. The SMILES string of the molecule is CC(=O)Nc1ccc(NC(=O)CC(CC(=O)O)c2ccccc2)cc1. The number of nitrogens with one attached hydrogen (secondary N) is 2. The van der Waals surface area contributed by atoms with Gasteiger partial charge in [-0.15, -0.1) is 0 Å². The van der Waals surface area contributed by atoms with Crippen molar-refractivity contribution in [2.24, 2.45) is 0 Å². The molecule has 2 aromatic carbocycles. The van der Waals surface area contributed by atoms with Crippen LogP contribution in [0.3, 0.4) is 0 Å². The molecule has 0 aromatic heterocycles. The maximum Gasteiger partial charge on any atom is 0.303 e. The van der Waals surface area contributed by atoms with Gasteiger partial charge in [0.1, 0.15) is 0 Å². The fourth-order valence-electron chi connectivity index (χ4n) is 2.52. The molecule has 1 unspecified atom stereocenters. The normalized spacial score (nSPS) is 11.4. The monoisotopic (exact) mass is 340 g/mol. The molecule has 0 radical (unpaired) electrons. The number of aliphatic carboxylic acids is 1. The van der Waals surface area contributed by atoms with E-state index in [4.69, 9.17) is 5.11 Å². The molecule has 2 amide bonds. The molecule has 0 saturated carbocycles. The Kier molecular flexibility index (Phi) is 6.28. The topological polar surface area (TPSA) is 95.5 Å². The Morgan fingerprint density at radius 2 is 1.44 bits per heavy atom. The fourth-order valence-corrected chi connectivity index (χ4v) is 2.52. The van der Waals surface area contributed by atoms with E-state index < -0.39 is 11.9 Å². The van der Waals surface area contributed by atoms with E-state index in [2.05, 4.69) is 10.6 Å². The van der Waals surface area contributed by atoms with Gasteiger partial charge in [0.05, 0.1) is 6.42 Å². The van der Waals surface area contributed by atoms with Crippen molar-refractivity contribution in [3.05, 3.63) is 60.2 Å². The number of benzene rings is 2. The number of carboxylic acid groups (broad SMARTS) is 1. The van der Waals surface area contributed by atoms with Gasteiger partial charge < -0.3 is 15.7 Å². The van der Waals surface area contributed by atoms with Crippen molar-refractivity contribution in [2.75, 3.05) is 10.6 Å². The Hall–Kier alpha value is -3.15. The maximum absolute atomic E-state index is 12.3. The molecule has 6 heteroatoms. The second kappa shape index (κ2) is 8.63. The number of carbonyl (C=O) groups is 3. The molecule has 25 heavy (non-hydrogen) atoms. The highest BCUT2D eigenvalue weighted by Crippen LogP contribution is 2.24. The van der Waals surface area contributed by atoms with E-state index in [1.54, 1.807) is 24.3 Å². The third-order valence-electron chi connectivity index (χ3n) is 3.61. The molecule has 2 rings (SSSR count). The Morgan fingerprint density at radius 1 is 0.880 bits per heavy atom. The van der Waals surface area contributed by atoms with Crippen molar-refractivity contribution >= 4 is 29.2 Å². The highest BCUT2D eigenvalue weighted by molar-refractivity contribution is 5.92. The molecule has 0 aliphatic rings. The van der Waals surface area contributed by atoms with Crippen LogP contribution in [0.1, 0.15) is 31.2 Å². The lowest BCUT2D eigenvalue weighted by atomic mass is 9.92. The van der Waals surface area contributed by atoms with Crippen LogP contribution in [0.25, 0.3) is 0 Å². The van der Waals surface area contributed by atoms with Crippen molar-refractivity contribution < 1.29 is 19.5 Å². The van der Waals surface area contributed by atoms with Gasteiger partial charge >= 0.3 is 5.97 Å². The average Bonchev–Trinajstić information content (AvgIpc) is 2.56. The summed E-state index contributed by atoms with van der Waals surface area (Å²) in [4.78, 5) is 34.3. The van der Waals surface area contributed by atoms with E-state index in [0.29, 0.717) is 11.4 Å². The summed E-state index contributed by atoms with van der Waals surface area (Å²) in [6, 6.07) is 15.9. The molecule has 0 bridgehead atoms. The summed E-state index contributed by atoms with van der Waals surface area (Å²) in [7, 11) is 0. The summed E-state index contributed by atoms with van der Waals surface area (Å²) < 4.78 is 0. The smallest absolute Gasteiger partial charge is 0.303 e. The van der Waals surface area contributed by atoms with Gasteiger partial charge in [-0.05, 0) is 29.8 Å². The van der Waals surface area contributed by atoms with Crippen LogP contribution in [-0.2, 0) is 14.4 Å². The van der Waals surface area contributed by atoms with Crippen LogP contribution in [0.5, 0.6) is 0 Å². The minimum atomic E-state index is -0.943. The van der Waals surface area contributed by atoms with Crippen LogP contribution in [0.4, 0.5) is 11.4 Å². The van der Waals surface area contributed by atoms with Crippen LogP contribution >= 0.6 is 0 Å². The molecule has 0 saturated heterocycles. The predicted octanol–water partition coefficient (Wildman–Crippen LogP) is 3.23. The Bertz CT molecular complexity index is 742. The molecular weight excluding hydrogens is 320 g/mol. The fraction of sp³-hybridized carbons (Fsp3) is 0.211. The largest absolute Gasteiger partial charge is 0.481 e. The number of anilines is 2. The van der Waals surface area contributed by atoms with Crippen LogP contribution < -0.4 is 10.6 Å². The second-order valence-electron chi connectivity index (χ2n) is 5.72. The summed E-state index contributed by atoms with van der Waals surface area (Å²) >= 11 is 0. The summed E-state index contributed by atoms with van der Waals surface area (Å²) in [5, 5.41) is 14.5. The third-order valence-corrected chi connectivity index (χ3v) is 3.61. The zero-order valence-corrected chi connectivity index (χ0v) is 13.9. The number of hydrogen-bond acceptors (Lipinski definition) is 3. The molecule has 6 nitrogen and oxygen atoms in total. The summed E-state index contributed by atoms with van der Waals surface area (Å²) in [6.07, 6.45) is -0.0390. The first kappa shape index (κ1) is 18.2. The second-order valence-corrected chi connectivity index (χ2v) is 5.72. The van der Waals surface area contributed by atoms with E-state index in [9.17, 15) is 14.4 Å². The molecule has 0 aliphatic carbocycles. The van der Waals surface area contributed by atoms with E-state index in [0.717, 1.165) is 5.56 Å². The number of hydrogen-bond donors (Lipinski definition) is 3. The van der Waals surface area contributed by atoms with Gasteiger partial charge in [0.15, 0.2) is 0 Å². The van der Waals surface area contributed by atoms with Crippen molar-refractivity contribution in [3.63, 3.8) is 0 Å². The maximum atomic E-state index is 12.3. The standard InChI is InChI=1S/C19H20N2O4/c1-13(22)20-16-7-9-17(10-8-16)21-18(23)11-15(12-19(24)25)14-5-3-2-4-6-14/h2-10,15H,11-12H2,1H3,(H,20,22)(H,21,23)(H,24,25).